The largest absolute Gasteiger partial charge is 0.372 e. The van der Waals surface area contributed by atoms with Gasteiger partial charge in [0.25, 0.3) is 15.9 Å². The van der Waals surface area contributed by atoms with Crippen molar-refractivity contribution in [3.8, 4) is 0 Å². The first-order valence-electron chi connectivity index (χ1n) is 11.1. The van der Waals surface area contributed by atoms with E-state index in [1.54, 1.807) is 54.7 Å². The Balaban J connectivity index is 1.63. The van der Waals surface area contributed by atoms with Crippen molar-refractivity contribution in [2.75, 3.05) is 29.3 Å². The molecule has 0 unspecified atom stereocenters. The molecule has 0 aliphatic rings. The van der Waals surface area contributed by atoms with E-state index in [1.807, 2.05) is 31.2 Å². The fourth-order valence-corrected chi connectivity index (χ4v) is 4.62. The summed E-state index contributed by atoms with van der Waals surface area (Å²) in [4.78, 5) is 14.9. The van der Waals surface area contributed by atoms with Gasteiger partial charge < -0.3 is 4.90 Å². The first kappa shape index (κ1) is 25.0. The minimum Gasteiger partial charge on any atom is -0.372 e. The standard InChI is InChI=1S/C26H30N4O3S/c1-5-30(6-2)24-13-9-21(10-14-24)19-27-28-26(31)22-11-15-23(16-12-22)29(4)34(32,33)25-17-7-20(3)8-18-25/h7-19H,5-6H2,1-4H3,(H,28,31)/b27-19-. The van der Waals surface area contributed by atoms with E-state index in [-0.39, 0.29) is 10.8 Å². The Kier molecular flexibility index (Phi) is 8.07. The molecule has 0 fully saturated rings. The zero-order valence-corrected chi connectivity index (χ0v) is 20.7. The number of nitrogens with zero attached hydrogens (tertiary/aromatic N) is 3. The summed E-state index contributed by atoms with van der Waals surface area (Å²) in [5.41, 5.74) is 6.32. The molecule has 3 aromatic rings. The van der Waals surface area contributed by atoms with Gasteiger partial charge in [0.05, 0.1) is 16.8 Å². The smallest absolute Gasteiger partial charge is 0.271 e. The number of amides is 1. The Morgan fingerprint density at radius 1 is 0.882 bits per heavy atom. The number of hydrazone groups is 1. The Morgan fingerprint density at radius 2 is 1.44 bits per heavy atom. The van der Waals surface area contributed by atoms with Crippen molar-refractivity contribution >= 4 is 33.5 Å². The molecule has 1 N–H and O–H groups in total. The minimum absolute atomic E-state index is 0.210. The molecule has 0 aliphatic carbocycles. The molecule has 0 aliphatic heterocycles. The maximum absolute atomic E-state index is 12.9. The van der Waals surface area contributed by atoms with Crippen molar-refractivity contribution in [1.29, 1.82) is 0 Å². The van der Waals surface area contributed by atoms with Crippen LogP contribution in [0.1, 0.15) is 35.3 Å². The van der Waals surface area contributed by atoms with Gasteiger partial charge in [-0.25, -0.2) is 13.8 Å². The van der Waals surface area contributed by atoms with E-state index in [0.717, 1.165) is 29.9 Å². The summed E-state index contributed by atoms with van der Waals surface area (Å²) in [6, 6.07) is 20.9. The van der Waals surface area contributed by atoms with Crippen LogP contribution in [0.2, 0.25) is 0 Å². The summed E-state index contributed by atoms with van der Waals surface area (Å²) >= 11 is 0. The van der Waals surface area contributed by atoms with E-state index in [4.69, 9.17) is 0 Å². The average Bonchev–Trinajstić information content (AvgIpc) is 2.85. The molecule has 7 nitrogen and oxygen atoms in total. The van der Waals surface area contributed by atoms with E-state index in [0.29, 0.717) is 11.3 Å². The van der Waals surface area contributed by atoms with Crippen molar-refractivity contribution in [2.45, 2.75) is 25.7 Å². The van der Waals surface area contributed by atoms with Crippen LogP contribution in [0.4, 0.5) is 11.4 Å². The first-order valence-corrected chi connectivity index (χ1v) is 12.5. The highest BCUT2D eigenvalue weighted by molar-refractivity contribution is 7.92. The quantitative estimate of drug-likeness (QED) is 0.364. The topological polar surface area (TPSA) is 82.1 Å². The number of carbonyl (C=O) groups excluding carboxylic acids is 1. The maximum Gasteiger partial charge on any atom is 0.271 e. The van der Waals surface area contributed by atoms with Crippen LogP contribution in [0, 0.1) is 6.92 Å². The van der Waals surface area contributed by atoms with Crippen molar-refractivity contribution in [1.82, 2.24) is 5.43 Å². The van der Waals surface area contributed by atoms with Gasteiger partial charge >= 0.3 is 0 Å². The Bertz CT molecular complexity index is 1230. The molecule has 0 heterocycles. The highest BCUT2D eigenvalue weighted by Crippen LogP contribution is 2.22. The molecule has 0 spiro atoms. The summed E-state index contributed by atoms with van der Waals surface area (Å²) in [5, 5.41) is 4.03. The third-order valence-electron chi connectivity index (χ3n) is 5.57. The molecule has 0 bridgehead atoms. The van der Waals surface area contributed by atoms with Crippen molar-refractivity contribution < 1.29 is 13.2 Å². The van der Waals surface area contributed by atoms with Gasteiger partial charge in [0, 0.05) is 31.4 Å². The fourth-order valence-electron chi connectivity index (χ4n) is 3.42. The zero-order valence-electron chi connectivity index (χ0n) is 19.9. The van der Waals surface area contributed by atoms with Gasteiger partial charge in [0.2, 0.25) is 0 Å². The lowest BCUT2D eigenvalue weighted by molar-refractivity contribution is 0.0955. The van der Waals surface area contributed by atoms with Crippen molar-refractivity contribution in [3.05, 3.63) is 89.5 Å². The molecule has 1 amide bonds. The normalized spacial score (nSPS) is 11.4. The van der Waals surface area contributed by atoms with Crippen LogP contribution in [-0.2, 0) is 10.0 Å². The second kappa shape index (κ2) is 11.0. The van der Waals surface area contributed by atoms with E-state index >= 15 is 0 Å². The summed E-state index contributed by atoms with van der Waals surface area (Å²) in [6.45, 7) is 8.00. The highest BCUT2D eigenvalue weighted by Gasteiger charge is 2.21. The Labute approximate surface area is 201 Å². The number of hydrogen-bond donors (Lipinski definition) is 1. The third-order valence-corrected chi connectivity index (χ3v) is 7.37. The van der Waals surface area contributed by atoms with Crippen LogP contribution in [0.25, 0.3) is 0 Å². The van der Waals surface area contributed by atoms with Gasteiger partial charge in [0.15, 0.2) is 0 Å². The molecule has 0 aromatic heterocycles. The highest BCUT2D eigenvalue weighted by atomic mass is 32.2. The minimum atomic E-state index is -3.69. The number of carbonyl (C=O) groups is 1. The number of aryl methyl sites for hydroxylation is 1. The van der Waals surface area contributed by atoms with Crippen LogP contribution in [0.5, 0.6) is 0 Å². The van der Waals surface area contributed by atoms with Crippen LogP contribution in [0.15, 0.2) is 82.8 Å². The summed E-state index contributed by atoms with van der Waals surface area (Å²) in [7, 11) is -2.21. The number of rotatable bonds is 9. The predicted molar refractivity (Wildman–Crippen MR) is 138 cm³/mol. The lowest BCUT2D eigenvalue weighted by atomic mass is 10.2. The molecule has 0 radical (unpaired) electrons. The summed E-state index contributed by atoms with van der Waals surface area (Å²) < 4.78 is 26.9. The van der Waals surface area contributed by atoms with Crippen molar-refractivity contribution in [2.24, 2.45) is 5.10 Å². The second-order valence-electron chi connectivity index (χ2n) is 7.80. The molecule has 0 saturated heterocycles. The monoisotopic (exact) mass is 478 g/mol. The van der Waals surface area contributed by atoms with E-state index < -0.39 is 10.0 Å². The molecule has 0 atom stereocenters. The van der Waals surface area contributed by atoms with E-state index in [9.17, 15) is 13.2 Å². The average molecular weight is 479 g/mol. The van der Waals surface area contributed by atoms with Gasteiger partial charge in [-0.15, -0.1) is 0 Å². The van der Waals surface area contributed by atoms with Crippen LogP contribution < -0.4 is 14.6 Å². The number of benzene rings is 3. The van der Waals surface area contributed by atoms with E-state index in [2.05, 4.69) is 29.3 Å². The third kappa shape index (κ3) is 5.82. The first-order chi connectivity index (χ1) is 16.3. The lowest BCUT2D eigenvalue weighted by Gasteiger charge is -2.20. The van der Waals surface area contributed by atoms with Gasteiger partial charge in [0.1, 0.15) is 0 Å². The lowest BCUT2D eigenvalue weighted by Crippen LogP contribution is -2.26. The van der Waals surface area contributed by atoms with Gasteiger partial charge in [-0.3, -0.25) is 9.10 Å². The Hall–Kier alpha value is -3.65. The molecule has 8 heteroatoms. The van der Waals surface area contributed by atoms with Gasteiger partial charge in [-0.1, -0.05) is 29.8 Å². The molecule has 3 aromatic carbocycles. The molecular formula is C26H30N4O3S. The summed E-state index contributed by atoms with van der Waals surface area (Å²) in [5.74, 6) is -0.383. The number of hydrogen-bond acceptors (Lipinski definition) is 5. The zero-order chi connectivity index (χ0) is 24.7. The van der Waals surface area contributed by atoms with Crippen LogP contribution in [-0.4, -0.2) is 40.7 Å². The second-order valence-corrected chi connectivity index (χ2v) is 9.76. The molecule has 3 rings (SSSR count). The maximum atomic E-state index is 12.9. The SMILES string of the molecule is CCN(CC)c1ccc(/C=N\NC(=O)c2ccc(N(C)S(=O)(=O)c3ccc(C)cc3)cc2)cc1. The number of sulfonamides is 1. The fraction of sp³-hybridized carbons (Fsp3) is 0.231. The number of anilines is 2. The predicted octanol–water partition coefficient (Wildman–Crippen LogP) is 4.43. The Morgan fingerprint density at radius 3 is 2.00 bits per heavy atom. The van der Waals surface area contributed by atoms with Crippen molar-refractivity contribution in [3.63, 3.8) is 0 Å². The van der Waals surface area contributed by atoms with Crippen LogP contribution >= 0.6 is 0 Å². The molecular weight excluding hydrogens is 448 g/mol. The van der Waals surface area contributed by atoms with Gasteiger partial charge in [-0.2, -0.15) is 5.10 Å². The molecule has 0 saturated carbocycles. The summed E-state index contributed by atoms with van der Waals surface area (Å²) in [6.07, 6.45) is 1.58. The van der Waals surface area contributed by atoms with Crippen LogP contribution in [0.3, 0.4) is 0 Å². The van der Waals surface area contributed by atoms with E-state index in [1.165, 1.54) is 11.4 Å². The number of nitrogens with one attached hydrogen (secondary N) is 1. The molecule has 34 heavy (non-hydrogen) atoms. The van der Waals surface area contributed by atoms with Gasteiger partial charge in [-0.05, 0) is 74.9 Å². The molecule has 178 valence electrons.